The van der Waals surface area contributed by atoms with Crippen LogP contribution in [-0.2, 0) is 24.3 Å². The van der Waals surface area contributed by atoms with Gasteiger partial charge < -0.3 is 9.84 Å². The summed E-state index contributed by atoms with van der Waals surface area (Å²) >= 11 is 5.70. The smallest absolute Gasteiger partial charge is 0.321 e. The zero-order valence-electron chi connectivity index (χ0n) is 11.1. The molecule has 0 spiro atoms. The topological polar surface area (TPSA) is 110 Å². The van der Waals surface area contributed by atoms with Crippen molar-refractivity contribution < 1.29 is 27.9 Å². The summed E-state index contributed by atoms with van der Waals surface area (Å²) in [6.07, 6.45) is -0.437. The highest BCUT2D eigenvalue weighted by Crippen LogP contribution is 2.16. The highest BCUT2D eigenvalue weighted by Gasteiger charge is 2.26. The van der Waals surface area contributed by atoms with Gasteiger partial charge in [0.2, 0.25) is 10.0 Å². The monoisotopic (exact) mass is 335 g/mol. The minimum absolute atomic E-state index is 0.153. The fourth-order valence-corrected chi connectivity index (χ4v) is 3.01. The van der Waals surface area contributed by atoms with Crippen LogP contribution in [-0.4, -0.2) is 38.6 Å². The molecule has 21 heavy (non-hydrogen) atoms. The van der Waals surface area contributed by atoms with Gasteiger partial charge in [0.1, 0.15) is 6.04 Å². The lowest BCUT2D eigenvalue weighted by Gasteiger charge is -2.14. The number of benzene rings is 1. The molecule has 0 bridgehead atoms. The summed E-state index contributed by atoms with van der Waals surface area (Å²) in [5.41, 5.74) is 0. The van der Waals surface area contributed by atoms with Gasteiger partial charge in [-0.3, -0.25) is 9.59 Å². The first kappa shape index (κ1) is 17.4. The Morgan fingerprint density at radius 2 is 2.10 bits per heavy atom. The van der Waals surface area contributed by atoms with Gasteiger partial charge in [0, 0.05) is 11.4 Å². The Labute approximate surface area is 126 Å². The van der Waals surface area contributed by atoms with Crippen LogP contribution in [0.25, 0.3) is 0 Å². The molecule has 2 N–H and O–H groups in total. The van der Waals surface area contributed by atoms with Crippen LogP contribution in [0.2, 0.25) is 5.02 Å². The molecule has 9 heteroatoms. The molecule has 1 unspecified atom stereocenters. The van der Waals surface area contributed by atoms with Crippen molar-refractivity contribution in [3.63, 3.8) is 0 Å². The van der Waals surface area contributed by atoms with Gasteiger partial charge in [-0.05, 0) is 24.6 Å². The van der Waals surface area contributed by atoms with E-state index in [9.17, 15) is 18.0 Å². The lowest BCUT2D eigenvalue weighted by molar-refractivity contribution is -0.142. The van der Waals surface area contributed by atoms with Crippen molar-refractivity contribution in [2.75, 3.05) is 7.11 Å². The van der Waals surface area contributed by atoms with E-state index in [1.807, 2.05) is 4.72 Å². The predicted molar refractivity (Wildman–Crippen MR) is 74.4 cm³/mol. The van der Waals surface area contributed by atoms with Gasteiger partial charge >= 0.3 is 11.9 Å². The Morgan fingerprint density at radius 3 is 2.62 bits per heavy atom. The third kappa shape index (κ3) is 5.33. The minimum Gasteiger partial charge on any atom is -0.480 e. The number of hydrogen-bond donors (Lipinski definition) is 2. The van der Waals surface area contributed by atoms with Crippen LogP contribution in [0.1, 0.15) is 12.8 Å². The number of esters is 1. The second kappa shape index (κ2) is 7.39. The molecule has 116 valence electrons. The third-order valence-electron chi connectivity index (χ3n) is 2.57. The Hall–Kier alpha value is -1.64. The fourth-order valence-electron chi connectivity index (χ4n) is 1.49. The summed E-state index contributed by atoms with van der Waals surface area (Å²) in [6, 6.07) is 3.97. The normalized spacial score (nSPS) is 12.7. The molecular weight excluding hydrogens is 322 g/mol. The maximum Gasteiger partial charge on any atom is 0.321 e. The van der Waals surface area contributed by atoms with Crippen molar-refractivity contribution in [1.82, 2.24) is 4.72 Å². The molecule has 0 saturated carbocycles. The van der Waals surface area contributed by atoms with Gasteiger partial charge in [-0.25, -0.2) is 8.42 Å². The Balaban J connectivity index is 2.87. The van der Waals surface area contributed by atoms with Crippen molar-refractivity contribution >= 4 is 33.6 Å². The van der Waals surface area contributed by atoms with Crippen LogP contribution in [0.15, 0.2) is 29.2 Å². The highest BCUT2D eigenvalue weighted by molar-refractivity contribution is 7.89. The summed E-state index contributed by atoms with van der Waals surface area (Å²) in [4.78, 5) is 21.9. The third-order valence-corrected chi connectivity index (χ3v) is 4.27. The highest BCUT2D eigenvalue weighted by atomic mass is 35.5. The molecule has 7 nitrogen and oxygen atoms in total. The Morgan fingerprint density at radius 1 is 1.43 bits per heavy atom. The van der Waals surface area contributed by atoms with E-state index in [1.54, 1.807) is 0 Å². The van der Waals surface area contributed by atoms with Gasteiger partial charge in [-0.15, -0.1) is 0 Å². The summed E-state index contributed by atoms with van der Waals surface area (Å²) in [7, 11) is -2.89. The molecule has 0 radical (unpaired) electrons. The zero-order chi connectivity index (χ0) is 16.0. The molecule has 0 aliphatic carbocycles. The number of sulfonamides is 1. The number of ether oxygens (including phenoxy) is 1. The first-order valence-electron chi connectivity index (χ1n) is 5.84. The average molecular weight is 336 g/mol. The number of aliphatic carboxylic acids is 1. The van der Waals surface area contributed by atoms with E-state index < -0.39 is 28.0 Å². The summed E-state index contributed by atoms with van der Waals surface area (Å²) in [6.45, 7) is 0. The standard InChI is InChI=1S/C12H14ClNO6S/c1-20-11(15)6-5-10(12(16)17)14-21(18,19)9-4-2-3-8(13)7-9/h2-4,7,10,14H,5-6H2,1H3,(H,16,17). The number of carboxylic acid groups (broad SMARTS) is 1. The molecule has 0 aliphatic heterocycles. The van der Waals surface area contributed by atoms with Gasteiger partial charge in [0.05, 0.1) is 12.0 Å². The number of carbonyl (C=O) groups is 2. The van der Waals surface area contributed by atoms with Crippen LogP contribution in [0.4, 0.5) is 0 Å². The average Bonchev–Trinajstić information content (AvgIpc) is 2.42. The molecule has 0 aliphatic rings. The van der Waals surface area contributed by atoms with E-state index in [1.165, 1.54) is 24.3 Å². The maximum atomic E-state index is 12.1. The van der Waals surface area contributed by atoms with E-state index in [2.05, 4.69) is 4.74 Å². The van der Waals surface area contributed by atoms with E-state index in [4.69, 9.17) is 16.7 Å². The van der Waals surface area contributed by atoms with Crippen molar-refractivity contribution in [2.24, 2.45) is 0 Å². The van der Waals surface area contributed by atoms with Crippen LogP contribution in [0.5, 0.6) is 0 Å². The summed E-state index contributed by atoms with van der Waals surface area (Å²) in [5.74, 6) is -2.01. The molecule has 1 atom stereocenters. The molecule has 1 aromatic carbocycles. The lowest BCUT2D eigenvalue weighted by Crippen LogP contribution is -2.41. The second-order valence-corrected chi connectivity index (χ2v) is 6.23. The van der Waals surface area contributed by atoms with E-state index in [0.29, 0.717) is 0 Å². The van der Waals surface area contributed by atoms with Crippen LogP contribution >= 0.6 is 11.6 Å². The SMILES string of the molecule is COC(=O)CCC(NS(=O)(=O)c1cccc(Cl)c1)C(=O)O. The summed E-state index contributed by atoms with van der Waals surface area (Å²) < 4.78 is 30.5. The van der Waals surface area contributed by atoms with Gasteiger partial charge in [0.15, 0.2) is 0 Å². The van der Waals surface area contributed by atoms with Gasteiger partial charge in [-0.2, -0.15) is 4.72 Å². The van der Waals surface area contributed by atoms with E-state index in [0.717, 1.165) is 7.11 Å². The maximum absolute atomic E-state index is 12.1. The fraction of sp³-hybridized carbons (Fsp3) is 0.333. The van der Waals surface area contributed by atoms with Crippen LogP contribution < -0.4 is 4.72 Å². The number of carboxylic acids is 1. The largest absolute Gasteiger partial charge is 0.480 e. The summed E-state index contributed by atoms with van der Waals surface area (Å²) in [5, 5.41) is 9.23. The van der Waals surface area contributed by atoms with Crippen LogP contribution in [0, 0.1) is 0 Å². The van der Waals surface area contributed by atoms with Gasteiger partial charge in [-0.1, -0.05) is 17.7 Å². The zero-order valence-corrected chi connectivity index (χ0v) is 12.6. The van der Waals surface area contributed by atoms with E-state index in [-0.39, 0.29) is 22.8 Å². The first-order valence-corrected chi connectivity index (χ1v) is 7.70. The number of halogens is 1. The van der Waals surface area contributed by atoms with Crippen molar-refractivity contribution in [3.8, 4) is 0 Å². The molecule has 0 saturated heterocycles. The molecular formula is C12H14ClNO6S. The van der Waals surface area contributed by atoms with Crippen molar-refractivity contribution in [1.29, 1.82) is 0 Å². The molecule has 0 heterocycles. The molecule has 1 aromatic rings. The number of nitrogens with one attached hydrogen (secondary N) is 1. The Kier molecular flexibility index (Phi) is 6.13. The number of hydrogen-bond acceptors (Lipinski definition) is 5. The molecule has 0 fully saturated rings. The number of methoxy groups -OCH3 is 1. The van der Waals surface area contributed by atoms with Gasteiger partial charge in [0.25, 0.3) is 0 Å². The molecule has 1 rings (SSSR count). The minimum atomic E-state index is -4.05. The molecule has 0 aromatic heterocycles. The Bertz CT molecular complexity index is 630. The quantitative estimate of drug-likeness (QED) is 0.720. The van der Waals surface area contributed by atoms with Crippen LogP contribution in [0.3, 0.4) is 0 Å². The molecule has 0 amide bonds. The number of carbonyl (C=O) groups excluding carboxylic acids is 1. The van der Waals surface area contributed by atoms with Crippen molar-refractivity contribution in [2.45, 2.75) is 23.8 Å². The predicted octanol–water partition coefficient (Wildman–Crippen LogP) is 1.02. The van der Waals surface area contributed by atoms with Crippen molar-refractivity contribution in [3.05, 3.63) is 29.3 Å². The second-order valence-electron chi connectivity index (χ2n) is 4.08. The number of rotatable bonds is 7. The van der Waals surface area contributed by atoms with E-state index >= 15 is 0 Å². The lowest BCUT2D eigenvalue weighted by atomic mass is 10.2. The first-order chi connectivity index (χ1) is 9.76.